The quantitative estimate of drug-likeness (QED) is 0.693. The van der Waals surface area contributed by atoms with Crippen LogP contribution in [0.3, 0.4) is 0 Å². The molecule has 0 bridgehead atoms. The molecule has 1 aromatic carbocycles. The summed E-state index contributed by atoms with van der Waals surface area (Å²) in [7, 11) is -3.57. The van der Waals surface area contributed by atoms with Crippen molar-refractivity contribution >= 4 is 54.0 Å². The molecule has 10 heteroatoms. The Kier molecular flexibility index (Phi) is 4.97. The highest BCUT2D eigenvalue weighted by atomic mass is 32.2. The maximum absolute atomic E-state index is 13.8. The number of thiophene rings is 1. The Hall–Kier alpha value is -1.88. The molecule has 1 amide bonds. The predicted octanol–water partition coefficient (Wildman–Crippen LogP) is 3.54. The van der Waals surface area contributed by atoms with E-state index in [1.165, 1.54) is 33.0 Å². The van der Waals surface area contributed by atoms with E-state index in [2.05, 4.69) is 10.3 Å². The van der Waals surface area contributed by atoms with Crippen LogP contribution in [0.25, 0.3) is 10.2 Å². The number of piperidine rings is 1. The third-order valence-electron chi connectivity index (χ3n) is 4.44. The van der Waals surface area contributed by atoms with Gasteiger partial charge in [-0.15, -0.1) is 11.3 Å². The number of fused-ring (bicyclic) bond motifs is 1. The summed E-state index contributed by atoms with van der Waals surface area (Å²) in [6.45, 7) is 0.529. The summed E-state index contributed by atoms with van der Waals surface area (Å²) >= 11 is 2.36. The van der Waals surface area contributed by atoms with Crippen LogP contribution in [0.4, 0.5) is 9.52 Å². The number of hydrogen-bond donors (Lipinski definition) is 1. The summed E-state index contributed by atoms with van der Waals surface area (Å²) < 4.78 is 41.4. The molecule has 142 valence electrons. The van der Waals surface area contributed by atoms with Gasteiger partial charge in [-0.3, -0.25) is 4.79 Å². The molecule has 1 saturated heterocycles. The number of sulfonamides is 1. The molecule has 0 saturated carbocycles. The van der Waals surface area contributed by atoms with Gasteiger partial charge in [0.15, 0.2) is 5.13 Å². The number of halogens is 1. The Bertz CT molecular complexity index is 1080. The first-order valence-electron chi connectivity index (χ1n) is 8.35. The lowest BCUT2D eigenvalue weighted by Gasteiger charge is -2.30. The maximum Gasteiger partial charge on any atom is 0.252 e. The standard InChI is InChI=1S/C17H16FN3O3S3/c18-12-5-1-6-13-15(12)19-17(26-13)20-16(22)11-4-2-8-21(10-11)27(23,24)14-7-3-9-25-14/h1,3,5-7,9,11H,2,4,8,10H2,(H,19,20,22). The number of rotatable bonds is 4. The van der Waals surface area contributed by atoms with E-state index < -0.39 is 21.8 Å². The van der Waals surface area contributed by atoms with Crippen LogP contribution in [-0.2, 0) is 14.8 Å². The minimum absolute atomic E-state index is 0.130. The van der Waals surface area contributed by atoms with Crippen molar-refractivity contribution in [1.29, 1.82) is 0 Å². The summed E-state index contributed by atoms with van der Waals surface area (Å²) in [6, 6.07) is 7.91. The van der Waals surface area contributed by atoms with Crippen molar-refractivity contribution in [2.45, 2.75) is 17.1 Å². The summed E-state index contributed by atoms with van der Waals surface area (Å²) in [4.78, 5) is 16.8. The van der Waals surface area contributed by atoms with E-state index in [0.717, 1.165) is 0 Å². The number of nitrogens with one attached hydrogen (secondary N) is 1. The number of para-hydroxylation sites is 1. The number of anilines is 1. The average Bonchev–Trinajstić information content (AvgIpc) is 3.32. The molecule has 4 rings (SSSR count). The summed E-state index contributed by atoms with van der Waals surface area (Å²) in [5.41, 5.74) is 0.225. The Morgan fingerprint density at radius 1 is 1.30 bits per heavy atom. The Labute approximate surface area is 163 Å². The SMILES string of the molecule is O=C(Nc1nc2c(F)cccc2s1)C1CCCN(S(=O)(=O)c2cccs2)C1. The van der Waals surface area contributed by atoms with Gasteiger partial charge in [-0.05, 0) is 36.4 Å². The second-order valence-corrected chi connectivity index (χ2v) is 10.4. The smallest absolute Gasteiger partial charge is 0.252 e. The van der Waals surface area contributed by atoms with Crippen LogP contribution in [0.15, 0.2) is 39.9 Å². The topological polar surface area (TPSA) is 79.4 Å². The van der Waals surface area contributed by atoms with E-state index in [-0.39, 0.29) is 22.2 Å². The third-order valence-corrected chi connectivity index (χ3v) is 8.62. The van der Waals surface area contributed by atoms with E-state index in [0.29, 0.717) is 29.2 Å². The Morgan fingerprint density at radius 3 is 2.89 bits per heavy atom. The number of nitrogens with zero attached hydrogens (tertiary/aromatic N) is 2. The van der Waals surface area contributed by atoms with Gasteiger partial charge >= 0.3 is 0 Å². The predicted molar refractivity (Wildman–Crippen MR) is 104 cm³/mol. The van der Waals surface area contributed by atoms with E-state index in [4.69, 9.17) is 0 Å². The molecule has 1 fully saturated rings. The molecular weight excluding hydrogens is 409 g/mol. The van der Waals surface area contributed by atoms with Crippen molar-refractivity contribution in [2.24, 2.45) is 5.92 Å². The van der Waals surface area contributed by atoms with E-state index in [1.807, 2.05) is 0 Å². The van der Waals surface area contributed by atoms with Crippen molar-refractivity contribution < 1.29 is 17.6 Å². The number of amides is 1. The molecule has 1 atom stereocenters. The van der Waals surface area contributed by atoms with Gasteiger partial charge in [0, 0.05) is 13.1 Å². The molecule has 0 spiro atoms. The van der Waals surface area contributed by atoms with Crippen molar-refractivity contribution in [1.82, 2.24) is 9.29 Å². The lowest BCUT2D eigenvalue weighted by atomic mass is 9.99. The fourth-order valence-electron chi connectivity index (χ4n) is 3.09. The second kappa shape index (κ2) is 7.27. The van der Waals surface area contributed by atoms with Gasteiger partial charge in [-0.2, -0.15) is 4.31 Å². The second-order valence-electron chi connectivity index (χ2n) is 6.23. The zero-order chi connectivity index (χ0) is 19.0. The molecule has 3 heterocycles. The van der Waals surface area contributed by atoms with E-state index in [9.17, 15) is 17.6 Å². The largest absolute Gasteiger partial charge is 0.302 e. The zero-order valence-electron chi connectivity index (χ0n) is 14.1. The zero-order valence-corrected chi connectivity index (χ0v) is 16.5. The van der Waals surface area contributed by atoms with Gasteiger partial charge < -0.3 is 5.32 Å². The van der Waals surface area contributed by atoms with Crippen molar-refractivity contribution in [3.63, 3.8) is 0 Å². The van der Waals surface area contributed by atoms with Gasteiger partial charge in [-0.25, -0.2) is 17.8 Å². The maximum atomic E-state index is 13.8. The molecule has 1 aliphatic rings. The lowest BCUT2D eigenvalue weighted by molar-refractivity contribution is -0.120. The van der Waals surface area contributed by atoms with Crippen LogP contribution in [0, 0.1) is 11.7 Å². The first-order valence-corrected chi connectivity index (χ1v) is 11.5. The molecule has 2 aromatic heterocycles. The van der Waals surface area contributed by atoms with Gasteiger partial charge in [0.1, 0.15) is 15.5 Å². The molecular formula is C17H16FN3O3S3. The van der Waals surface area contributed by atoms with Crippen LogP contribution in [-0.4, -0.2) is 36.7 Å². The summed E-state index contributed by atoms with van der Waals surface area (Å²) in [5, 5.41) is 4.75. The van der Waals surface area contributed by atoms with Crippen LogP contribution >= 0.6 is 22.7 Å². The van der Waals surface area contributed by atoms with Gasteiger partial charge in [-0.1, -0.05) is 23.5 Å². The molecule has 3 aromatic rings. The molecule has 0 aliphatic carbocycles. The van der Waals surface area contributed by atoms with Crippen LogP contribution in [0.5, 0.6) is 0 Å². The fraction of sp³-hybridized carbons (Fsp3) is 0.294. The average molecular weight is 426 g/mol. The molecule has 1 aliphatic heterocycles. The number of hydrogen-bond acceptors (Lipinski definition) is 6. The monoisotopic (exact) mass is 425 g/mol. The Balaban J connectivity index is 1.49. The first kappa shape index (κ1) is 18.5. The number of thiazole rings is 1. The highest BCUT2D eigenvalue weighted by Crippen LogP contribution is 2.30. The first-order chi connectivity index (χ1) is 12.9. The number of carbonyl (C=O) groups is 1. The lowest BCUT2D eigenvalue weighted by Crippen LogP contribution is -2.43. The van der Waals surface area contributed by atoms with Crippen molar-refractivity contribution in [2.75, 3.05) is 18.4 Å². The molecule has 6 nitrogen and oxygen atoms in total. The van der Waals surface area contributed by atoms with E-state index in [1.54, 1.807) is 29.6 Å². The minimum atomic E-state index is -3.57. The molecule has 27 heavy (non-hydrogen) atoms. The van der Waals surface area contributed by atoms with Gasteiger partial charge in [0.2, 0.25) is 5.91 Å². The van der Waals surface area contributed by atoms with Crippen molar-refractivity contribution in [3.05, 3.63) is 41.5 Å². The number of benzene rings is 1. The van der Waals surface area contributed by atoms with Gasteiger partial charge in [0.05, 0.1) is 10.6 Å². The normalized spacial score (nSPS) is 18.6. The van der Waals surface area contributed by atoms with Crippen LogP contribution in [0.2, 0.25) is 0 Å². The van der Waals surface area contributed by atoms with Crippen molar-refractivity contribution in [3.8, 4) is 0 Å². The van der Waals surface area contributed by atoms with Gasteiger partial charge in [0.25, 0.3) is 10.0 Å². The van der Waals surface area contributed by atoms with E-state index >= 15 is 0 Å². The summed E-state index contributed by atoms with van der Waals surface area (Å²) in [6.07, 6.45) is 1.21. The van der Waals surface area contributed by atoms with Crippen LogP contribution < -0.4 is 5.32 Å². The number of carbonyl (C=O) groups excluding carboxylic acids is 1. The van der Waals surface area contributed by atoms with Crippen LogP contribution in [0.1, 0.15) is 12.8 Å². The Morgan fingerprint density at radius 2 is 2.15 bits per heavy atom. The third kappa shape index (κ3) is 3.62. The fourth-order valence-corrected chi connectivity index (χ4v) is 6.64. The summed E-state index contributed by atoms with van der Waals surface area (Å²) in [5.74, 6) is -1.19. The highest BCUT2D eigenvalue weighted by molar-refractivity contribution is 7.91. The number of aromatic nitrogens is 1. The minimum Gasteiger partial charge on any atom is -0.302 e. The molecule has 0 radical (unpaired) electrons. The molecule has 1 unspecified atom stereocenters. The highest BCUT2D eigenvalue weighted by Gasteiger charge is 2.34. The molecule has 1 N–H and O–H groups in total.